The molecule has 1 amide bonds. The van der Waals surface area contributed by atoms with Gasteiger partial charge in [0.15, 0.2) is 0 Å². The maximum absolute atomic E-state index is 13.0. The minimum absolute atomic E-state index is 0.155. The number of hydrogen-bond acceptors (Lipinski definition) is 6. The van der Waals surface area contributed by atoms with Gasteiger partial charge in [0.2, 0.25) is 5.91 Å². The largest absolute Gasteiger partial charge is 0.470 e. The average Bonchev–Trinajstić information content (AvgIpc) is 3.20. The lowest BCUT2D eigenvalue weighted by Crippen LogP contribution is -2.52. The SMILES string of the molecule is CCOc1nc2ccc(NC(C)C(=O)N3CCN(CCc4ccccc4)CC3)cc2s1. The Morgan fingerprint density at radius 2 is 1.94 bits per heavy atom. The number of fused-ring (bicyclic) bond motifs is 1. The summed E-state index contributed by atoms with van der Waals surface area (Å²) < 4.78 is 6.56. The Bertz CT molecular complexity index is 999. The van der Waals surface area contributed by atoms with Gasteiger partial charge in [-0.05, 0) is 44.0 Å². The summed E-state index contributed by atoms with van der Waals surface area (Å²) in [7, 11) is 0. The highest BCUT2D eigenvalue weighted by molar-refractivity contribution is 7.20. The van der Waals surface area contributed by atoms with Crippen LogP contribution in [0.2, 0.25) is 0 Å². The zero-order chi connectivity index (χ0) is 21.6. The molecule has 0 spiro atoms. The first kappa shape index (κ1) is 21.6. The van der Waals surface area contributed by atoms with Gasteiger partial charge in [0.1, 0.15) is 6.04 Å². The number of aromatic nitrogens is 1. The molecular weight excluding hydrogens is 408 g/mol. The van der Waals surface area contributed by atoms with Crippen LogP contribution >= 0.6 is 11.3 Å². The monoisotopic (exact) mass is 438 g/mol. The summed E-state index contributed by atoms with van der Waals surface area (Å²) in [6.07, 6.45) is 1.05. The molecule has 164 valence electrons. The molecule has 2 heterocycles. The molecule has 1 aliphatic heterocycles. The predicted molar refractivity (Wildman–Crippen MR) is 127 cm³/mol. The highest BCUT2D eigenvalue weighted by Gasteiger charge is 2.24. The van der Waals surface area contributed by atoms with E-state index in [9.17, 15) is 4.79 Å². The van der Waals surface area contributed by atoms with Gasteiger partial charge in [-0.15, -0.1) is 0 Å². The summed E-state index contributed by atoms with van der Waals surface area (Å²) in [5, 5.41) is 4.05. The number of piperazine rings is 1. The summed E-state index contributed by atoms with van der Waals surface area (Å²) >= 11 is 1.53. The molecule has 1 aliphatic rings. The van der Waals surface area contributed by atoms with E-state index in [2.05, 4.69) is 45.5 Å². The van der Waals surface area contributed by atoms with Gasteiger partial charge in [-0.2, -0.15) is 0 Å². The van der Waals surface area contributed by atoms with Crippen LogP contribution in [0.15, 0.2) is 48.5 Å². The zero-order valence-electron chi connectivity index (χ0n) is 18.2. The van der Waals surface area contributed by atoms with Gasteiger partial charge < -0.3 is 15.0 Å². The van der Waals surface area contributed by atoms with E-state index in [1.165, 1.54) is 16.9 Å². The molecular formula is C24H30N4O2S. The van der Waals surface area contributed by atoms with Gasteiger partial charge in [0.05, 0.1) is 16.8 Å². The molecule has 7 heteroatoms. The Morgan fingerprint density at radius 3 is 2.68 bits per heavy atom. The van der Waals surface area contributed by atoms with Crippen LogP contribution in [-0.4, -0.2) is 66.1 Å². The fraction of sp³-hybridized carbons (Fsp3) is 0.417. The van der Waals surface area contributed by atoms with E-state index in [0.29, 0.717) is 11.8 Å². The Morgan fingerprint density at radius 1 is 1.16 bits per heavy atom. The molecule has 1 atom stereocenters. The molecule has 2 aromatic carbocycles. The standard InChI is InChI=1S/C24H30N4O2S/c1-3-30-24-26-21-10-9-20(17-22(21)31-24)25-18(2)23(29)28-15-13-27(14-16-28)12-11-19-7-5-4-6-8-19/h4-10,17-18,25H,3,11-16H2,1-2H3. The molecule has 3 aromatic rings. The molecule has 0 radical (unpaired) electrons. The van der Waals surface area contributed by atoms with Crippen LogP contribution in [0, 0.1) is 0 Å². The summed E-state index contributed by atoms with van der Waals surface area (Å²) in [6, 6.07) is 16.3. The number of hydrogen-bond donors (Lipinski definition) is 1. The molecule has 1 saturated heterocycles. The maximum Gasteiger partial charge on any atom is 0.274 e. The van der Waals surface area contributed by atoms with E-state index in [-0.39, 0.29) is 11.9 Å². The second kappa shape index (κ2) is 10.1. The number of nitrogens with one attached hydrogen (secondary N) is 1. The third-order valence-electron chi connectivity index (χ3n) is 5.63. The normalized spacial score (nSPS) is 15.7. The van der Waals surface area contributed by atoms with Crippen molar-refractivity contribution in [1.29, 1.82) is 0 Å². The Hall–Kier alpha value is -2.64. The van der Waals surface area contributed by atoms with Gasteiger partial charge in [0, 0.05) is 38.4 Å². The smallest absolute Gasteiger partial charge is 0.274 e. The lowest BCUT2D eigenvalue weighted by Gasteiger charge is -2.36. The van der Waals surface area contributed by atoms with Crippen molar-refractivity contribution < 1.29 is 9.53 Å². The highest BCUT2D eigenvalue weighted by Crippen LogP contribution is 2.30. The summed E-state index contributed by atoms with van der Waals surface area (Å²) in [5.74, 6) is 0.155. The Kier molecular flexibility index (Phi) is 7.04. The summed E-state index contributed by atoms with van der Waals surface area (Å²) in [5.41, 5.74) is 3.22. The minimum atomic E-state index is -0.271. The number of amides is 1. The Labute approximate surface area is 187 Å². The van der Waals surface area contributed by atoms with Crippen LogP contribution in [0.25, 0.3) is 10.2 Å². The van der Waals surface area contributed by atoms with Crippen LogP contribution in [0.4, 0.5) is 5.69 Å². The van der Waals surface area contributed by atoms with Crippen molar-refractivity contribution in [3.63, 3.8) is 0 Å². The topological polar surface area (TPSA) is 57.7 Å². The Balaban J connectivity index is 1.27. The molecule has 31 heavy (non-hydrogen) atoms. The van der Waals surface area contributed by atoms with Crippen molar-refractivity contribution in [2.24, 2.45) is 0 Å². The minimum Gasteiger partial charge on any atom is -0.470 e. The maximum atomic E-state index is 13.0. The van der Waals surface area contributed by atoms with Crippen molar-refractivity contribution in [2.45, 2.75) is 26.3 Å². The lowest BCUT2D eigenvalue weighted by atomic mass is 10.1. The van der Waals surface area contributed by atoms with Crippen molar-refractivity contribution >= 4 is 33.1 Å². The summed E-state index contributed by atoms with van der Waals surface area (Å²) in [6.45, 7) is 8.96. The third kappa shape index (κ3) is 5.54. The van der Waals surface area contributed by atoms with E-state index in [1.807, 2.05) is 36.9 Å². The third-order valence-corrected chi connectivity index (χ3v) is 6.56. The number of nitrogens with zero attached hydrogens (tertiary/aromatic N) is 3. The highest BCUT2D eigenvalue weighted by atomic mass is 32.1. The van der Waals surface area contributed by atoms with Crippen molar-refractivity contribution in [3.05, 3.63) is 54.1 Å². The fourth-order valence-electron chi connectivity index (χ4n) is 3.89. The van der Waals surface area contributed by atoms with Gasteiger partial charge in [0.25, 0.3) is 5.19 Å². The number of carbonyl (C=O) groups excluding carboxylic acids is 1. The quantitative estimate of drug-likeness (QED) is 0.578. The van der Waals surface area contributed by atoms with Crippen LogP contribution in [0.1, 0.15) is 19.4 Å². The lowest BCUT2D eigenvalue weighted by molar-refractivity contribution is -0.133. The van der Waals surface area contributed by atoms with Crippen LogP contribution in [-0.2, 0) is 11.2 Å². The first-order valence-corrected chi connectivity index (χ1v) is 11.8. The number of benzene rings is 2. The number of ether oxygens (including phenoxy) is 1. The fourth-order valence-corrected chi connectivity index (χ4v) is 4.80. The molecule has 1 unspecified atom stereocenters. The van der Waals surface area contributed by atoms with E-state index >= 15 is 0 Å². The molecule has 0 aliphatic carbocycles. The van der Waals surface area contributed by atoms with Gasteiger partial charge in [-0.1, -0.05) is 41.7 Å². The second-order valence-corrected chi connectivity index (χ2v) is 8.86. The molecule has 0 bridgehead atoms. The molecule has 1 fully saturated rings. The van der Waals surface area contributed by atoms with E-state index in [1.54, 1.807) is 0 Å². The average molecular weight is 439 g/mol. The molecule has 4 rings (SSSR count). The van der Waals surface area contributed by atoms with Crippen molar-refractivity contribution in [3.8, 4) is 5.19 Å². The number of carbonyl (C=O) groups is 1. The molecule has 6 nitrogen and oxygen atoms in total. The number of thiazole rings is 1. The van der Waals surface area contributed by atoms with Crippen molar-refractivity contribution in [2.75, 3.05) is 44.6 Å². The van der Waals surface area contributed by atoms with Crippen LogP contribution in [0.5, 0.6) is 5.19 Å². The number of rotatable bonds is 8. The van der Waals surface area contributed by atoms with Gasteiger partial charge in [-0.25, -0.2) is 4.98 Å². The van der Waals surface area contributed by atoms with E-state index < -0.39 is 0 Å². The second-order valence-electron chi connectivity index (χ2n) is 7.86. The van der Waals surface area contributed by atoms with Gasteiger partial charge >= 0.3 is 0 Å². The van der Waals surface area contributed by atoms with Crippen LogP contribution < -0.4 is 10.1 Å². The van der Waals surface area contributed by atoms with Gasteiger partial charge in [-0.3, -0.25) is 9.69 Å². The zero-order valence-corrected chi connectivity index (χ0v) is 19.0. The van der Waals surface area contributed by atoms with Crippen LogP contribution in [0.3, 0.4) is 0 Å². The molecule has 1 aromatic heterocycles. The number of anilines is 1. The summed E-state index contributed by atoms with van der Waals surface area (Å²) in [4.78, 5) is 21.8. The van der Waals surface area contributed by atoms with Crippen molar-refractivity contribution in [1.82, 2.24) is 14.8 Å². The van der Waals surface area contributed by atoms with E-state index in [4.69, 9.17) is 4.74 Å². The first-order chi connectivity index (χ1) is 15.1. The first-order valence-electron chi connectivity index (χ1n) is 11.0. The predicted octanol–water partition coefficient (Wildman–Crippen LogP) is 3.88. The molecule has 0 saturated carbocycles. The molecule has 1 N–H and O–H groups in total. The van der Waals surface area contributed by atoms with E-state index in [0.717, 1.165) is 55.0 Å².